The van der Waals surface area contributed by atoms with Crippen LogP contribution in [0.25, 0.3) is 0 Å². The van der Waals surface area contributed by atoms with E-state index in [9.17, 15) is 9.90 Å². The van der Waals surface area contributed by atoms with Crippen LogP contribution in [0.15, 0.2) is 0 Å². The molecule has 0 aliphatic heterocycles. The SMILES string of the molecule is COCC(O)CNC(C)CCCC(C)C(=O)O. The molecule has 0 aliphatic carbocycles. The highest BCUT2D eigenvalue weighted by Gasteiger charge is 2.11. The molecule has 3 N–H and O–H groups in total. The number of nitrogens with one attached hydrogen (secondary N) is 1. The van der Waals surface area contributed by atoms with Gasteiger partial charge in [0.05, 0.1) is 18.6 Å². The van der Waals surface area contributed by atoms with E-state index in [0.717, 1.165) is 12.8 Å². The summed E-state index contributed by atoms with van der Waals surface area (Å²) in [7, 11) is 1.56. The number of carboxylic acids is 1. The Morgan fingerprint density at radius 2 is 2.00 bits per heavy atom. The van der Waals surface area contributed by atoms with E-state index in [1.807, 2.05) is 6.92 Å². The molecule has 0 aromatic heterocycles. The van der Waals surface area contributed by atoms with Crippen LogP contribution < -0.4 is 5.32 Å². The van der Waals surface area contributed by atoms with Gasteiger partial charge in [0.1, 0.15) is 0 Å². The van der Waals surface area contributed by atoms with Gasteiger partial charge < -0.3 is 20.3 Å². The van der Waals surface area contributed by atoms with Crippen molar-refractivity contribution in [1.82, 2.24) is 5.32 Å². The molecule has 0 aromatic rings. The maximum absolute atomic E-state index is 10.6. The number of aliphatic hydroxyl groups is 1. The van der Waals surface area contributed by atoms with Gasteiger partial charge in [0.25, 0.3) is 0 Å². The highest BCUT2D eigenvalue weighted by atomic mass is 16.5. The fourth-order valence-corrected chi connectivity index (χ4v) is 1.54. The van der Waals surface area contributed by atoms with Crippen molar-refractivity contribution >= 4 is 5.97 Å². The first kappa shape index (κ1) is 16.4. The van der Waals surface area contributed by atoms with Crippen LogP contribution in [-0.4, -0.2) is 48.6 Å². The molecular formula is C12H25NO4. The van der Waals surface area contributed by atoms with E-state index in [0.29, 0.717) is 19.6 Å². The minimum absolute atomic E-state index is 0.277. The number of carbonyl (C=O) groups is 1. The zero-order chi connectivity index (χ0) is 13.3. The summed E-state index contributed by atoms with van der Waals surface area (Å²) in [5, 5.41) is 21.3. The second-order valence-corrected chi connectivity index (χ2v) is 4.59. The number of carboxylic acid groups (broad SMARTS) is 1. The molecule has 0 spiro atoms. The van der Waals surface area contributed by atoms with Gasteiger partial charge in [0, 0.05) is 19.7 Å². The first-order valence-electron chi connectivity index (χ1n) is 6.10. The number of ether oxygens (including phenoxy) is 1. The highest BCUT2D eigenvalue weighted by molar-refractivity contribution is 5.69. The normalized spacial score (nSPS) is 16.5. The van der Waals surface area contributed by atoms with Crippen molar-refractivity contribution in [1.29, 1.82) is 0 Å². The molecule has 17 heavy (non-hydrogen) atoms. The molecule has 0 aliphatic rings. The van der Waals surface area contributed by atoms with E-state index in [-0.39, 0.29) is 12.0 Å². The number of hydrogen-bond donors (Lipinski definition) is 3. The Morgan fingerprint density at radius 3 is 2.53 bits per heavy atom. The van der Waals surface area contributed by atoms with E-state index < -0.39 is 12.1 Å². The minimum Gasteiger partial charge on any atom is -0.481 e. The Labute approximate surface area is 103 Å². The average molecular weight is 247 g/mol. The van der Waals surface area contributed by atoms with Crippen LogP contribution in [0.2, 0.25) is 0 Å². The van der Waals surface area contributed by atoms with Gasteiger partial charge in [-0.15, -0.1) is 0 Å². The van der Waals surface area contributed by atoms with E-state index >= 15 is 0 Å². The Hall–Kier alpha value is -0.650. The van der Waals surface area contributed by atoms with Crippen LogP contribution in [0, 0.1) is 5.92 Å². The third kappa shape index (κ3) is 9.09. The summed E-state index contributed by atoms with van der Waals surface area (Å²) in [4.78, 5) is 10.6. The van der Waals surface area contributed by atoms with Gasteiger partial charge in [0.2, 0.25) is 0 Å². The Balaban J connectivity index is 3.52. The van der Waals surface area contributed by atoms with Crippen molar-refractivity contribution in [3.8, 4) is 0 Å². The minimum atomic E-state index is -0.735. The van der Waals surface area contributed by atoms with Crippen LogP contribution in [0.3, 0.4) is 0 Å². The standard InChI is InChI=1S/C12H25NO4/c1-9(12(15)16)5-4-6-10(2)13-7-11(14)8-17-3/h9-11,13-14H,4-8H2,1-3H3,(H,15,16). The second kappa shape index (κ2) is 9.39. The zero-order valence-electron chi connectivity index (χ0n) is 11.0. The van der Waals surface area contributed by atoms with Crippen molar-refractivity contribution in [2.75, 3.05) is 20.3 Å². The van der Waals surface area contributed by atoms with Crippen molar-refractivity contribution in [2.45, 2.75) is 45.3 Å². The van der Waals surface area contributed by atoms with Gasteiger partial charge in [-0.1, -0.05) is 13.3 Å². The Bertz CT molecular complexity index is 211. The molecule has 0 saturated carbocycles. The summed E-state index contributed by atoms with van der Waals surface area (Å²) in [5.41, 5.74) is 0. The van der Waals surface area contributed by atoms with Crippen LogP contribution >= 0.6 is 0 Å². The summed E-state index contributed by atoms with van der Waals surface area (Å²) in [5.74, 6) is -1.01. The lowest BCUT2D eigenvalue weighted by molar-refractivity contribution is -0.141. The molecule has 0 fully saturated rings. The molecule has 0 aromatic carbocycles. The van der Waals surface area contributed by atoms with E-state index in [2.05, 4.69) is 5.32 Å². The molecule has 0 amide bonds. The maximum Gasteiger partial charge on any atom is 0.306 e. The first-order valence-corrected chi connectivity index (χ1v) is 6.10. The monoisotopic (exact) mass is 247 g/mol. The van der Waals surface area contributed by atoms with Crippen molar-refractivity contribution < 1.29 is 19.7 Å². The number of aliphatic carboxylic acids is 1. The number of aliphatic hydroxyl groups excluding tert-OH is 1. The number of methoxy groups -OCH3 is 1. The van der Waals surface area contributed by atoms with Crippen molar-refractivity contribution in [3.63, 3.8) is 0 Å². The predicted octanol–water partition coefficient (Wildman–Crippen LogP) is 0.863. The fraction of sp³-hybridized carbons (Fsp3) is 0.917. The molecule has 5 nitrogen and oxygen atoms in total. The Morgan fingerprint density at radius 1 is 1.35 bits per heavy atom. The predicted molar refractivity (Wildman–Crippen MR) is 66.0 cm³/mol. The molecule has 3 atom stereocenters. The highest BCUT2D eigenvalue weighted by Crippen LogP contribution is 2.09. The zero-order valence-corrected chi connectivity index (χ0v) is 11.0. The summed E-state index contributed by atoms with van der Waals surface area (Å²) < 4.78 is 4.82. The molecule has 5 heteroatoms. The lowest BCUT2D eigenvalue weighted by Gasteiger charge is -2.17. The summed E-state index contributed by atoms with van der Waals surface area (Å²) >= 11 is 0. The molecule has 3 unspecified atom stereocenters. The van der Waals surface area contributed by atoms with Crippen molar-refractivity contribution in [2.24, 2.45) is 5.92 Å². The van der Waals surface area contributed by atoms with E-state index in [1.54, 1.807) is 14.0 Å². The third-order valence-electron chi connectivity index (χ3n) is 2.76. The average Bonchev–Trinajstić information content (AvgIpc) is 2.26. The molecular weight excluding hydrogens is 222 g/mol. The summed E-state index contributed by atoms with van der Waals surface area (Å²) in [6.45, 7) is 4.59. The van der Waals surface area contributed by atoms with Gasteiger partial charge >= 0.3 is 5.97 Å². The molecule has 0 bridgehead atoms. The molecule has 0 heterocycles. The lowest BCUT2D eigenvalue weighted by Crippen LogP contribution is -2.35. The largest absolute Gasteiger partial charge is 0.481 e. The fourth-order valence-electron chi connectivity index (χ4n) is 1.54. The second-order valence-electron chi connectivity index (χ2n) is 4.59. The van der Waals surface area contributed by atoms with Gasteiger partial charge in [-0.05, 0) is 19.8 Å². The molecule has 102 valence electrons. The quantitative estimate of drug-likeness (QED) is 0.533. The summed E-state index contributed by atoms with van der Waals surface area (Å²) in [6.07, 6.45) is 2.00. The maximum atomic E-state index is 10.6. The van der Waals surface area contributed by atoms with Crippen molar-refractivity contribution in [3.05, 3.63) is 0 Å². The van der Waals surface area contributed by atoms with E-state index in [1.165, 1.54) is 0 Å². The van der Waals surface area contributed by atoms with Gasteiger partial charge in [-0.3, -0.25) is 4.79 Å². The first-order chi connectivity index (χ1) is 7.97. The van der Waals surface area contributed by atoms with Gasteiger partial charge in [0.15, 0.2) is 0 Å². The topological polar surface area (TPSA) is 78.8 Å². The number of hydrogen-bond acceptors (Lipinski definition) is 4. The lowest BCUT2D eigenvalue weighted by atomic mass is 10.0. The van der Waals surface area contributed by atoms with Crippen LogP contribution in [0.1, 0.15) is 33.1 Å². The van der Waals surface area contributed by atoms with Gasteiger partial charge in [-0.2, -0.15) is 0 Å². The van der Waals surface area contributed by atoms with Gasteiger partial charge in [-0.25, -0.2) is 0 Å². The molecule has 0 saturated heterocycles. The van der Waals surface area contributed by atoms with Crippen LogP contribution in [0.4, 0.5) is 0 Å². The number of rotatable bonds is 10. The third-order valence-corrected chi connectivity index (χ3v) is 2.76. The smallest absolute Gasteiger partial charge is 0.306 e. The van der Waals surface area contributed by atoms with Crippen LogP contribution in [-0.2, 0) is 9.53 Å². The summed E-state index contributed by atoms with van der Waals surface area (Å²) in [6, 6.07) is 0.280. The van der Waals surface area contributed by atoms with Crippen LogP contribution in [0.5, 0.6) is 0 Å². The van der Waals surface area contributed by atoms with E-state index in [4.69, 9.17) is 9.84 Å². The molecule has 0 rings (SSSR count). The Kier molecular flexibility index (Phi) is 9.03. The molecule has 0 radical (unpaired) electrons.